The molecule has 5 heteroatoms. The first kappa shape index (κ1) is 11.6. The van der Waals surface area contributed by atoms with Gasteiger partial charge in [0.2, 0.25) is 0 Å². The maximum atomic E-state index is 11.1. The molecule has 0 aliphatic rings. The monoisotopic (exact) mass is 233 g/mol. The molecule has 0 saturated heterocycles. The summed E-state index contributed by atoms with van der Waals surface area (Å²) in [6.45, 7) is 3.31. The van der Waals surface area contributed by atoms with Crippen molar-refractivity contribution in [2.75, 3.05) is 19.1 Å². The van der Waals surface area contributed by atoms with Crippen LogP contribution in [-0.2, 0) is 11.2 Å². The summed E-state index contributed by atoms with van der Waals surface area (Å²) >= 11 is 6.89. The lowest BCUT2D eigenvalue weighted by Gasteiger charge is -1.96. The van der Waals surface area contributed by atoms with Gasteiger partial charge in [-0.05, 0) is 6.92 Å². The van der Waals surface area contributed by atoms with Gasteiger partial charge < -0.3 is 4.74 Å². The Labute approximate surface area is 92.1 Å². The normalized spacial score (nSPS) is 10.4. The molecule has 0 fully saturated rings. The Morgan fingerprint density at radius 2 is 2.50 bits per heavy atom. The molecule has 0 aliphatic heterocycles. The van der Waals surface area contributed by atoms with E-state index in [0.717, 1.165) is 11.4 Å². The Morgan fingerprint density at radius 1 is 1.71 bits per heavy atom. The number of carbonyl (C=O) groups is 1. The number of alkyl halides is 1. The summed E-state index contributed by atoms with van der Waals surface area (Å²) in [7, 11) is 0. The molecule has 1 heterocycles. The molecular weight excluding hydrogens is 222 g/mol. The number of hydrogen-bond acceptors (Lipinski definition) is 4. The zero-order valence-electron chi connectivity index (χ0n) is 7.96. The summed E-state index contributed by atoms with van der Waals surface area (Å²) in [6.07, 6.45) is 0.758. The van der Waals surface area contributed by atoms with Gasteiger partial charge in [-0.15, -0.1) is 22.9 Å². The number of halogens is 1. The number of aromatic nitrogens is 1. The van der Waals surface area contributed by atoms with Crippen molar-refractivity contribution in [2.24, 2.45) is 0 Å². The van der Waals surface area contributed by atoms with Crippen molar-refractivity contribution >= 4 is 28.7 Å². The minimum absolute atomic E-state index is 0.00532. The van der Waals surface area contributed by atoms with Gasteiger partial charge in [0.15, 0.2) is 5.78 Å². The SMILES string of the molecule is CCOCCc1nc(C(=O)CCl)cs1. The maximum absolute atomic E-state index is 11.1. The molecule has 0 saturated carbocycles. The zero-order valence-corrected chi connectivity index (χ0v) is 9.53. The average molecular weight is 234 g/mol. The van der Waals surface area contributed by atoms with Crippen LogP contribution in [0.5, 0.6) is 0 Å². The average Bonchev–Trinajstić information content (AvgIpc) is 2.66. The number of ketones is 1. The fourth-order valence-corrected chi connectivity index (χ4v) is 1.85. The van der Waals surface area contributed by atoms with Gasteiger partial charge in [-0.2, -0.15) is 0 Å². The van der Waals surface area contributed by atoms with Crippen molar-refractivity contribution in [1.29, 1.82) is 0 Å². The van der Waals surface area contributed by atoms with Crippen LogP contribution in [-0.4, -0.2) is 29.9 Å². The Balaban J connectivity index is 2.46. The summed E-state index contributed by atoms with van der Waals surface area (Å²) in [4.78, 5) is 15.3. The number of rotatable bonds is 6. The van der Waals surface area contributed by atoms with Gasteiger partial charge in [-0.3, -0.25) is 4.79 Å². The van der Waals surface area contributed by atoms with E-state index in [1.54, 1.807) is 5.38 Å². The molecule has 3 nitrogen and oxygen atoms in total. The van der Waals surface area contributed by atoms with E-state index in [1.807, 2.05) is 6.92 Å². The van der Waals surface area contributed by atoms with Crippen LogP contribution in [0.4, 0.5) is 0 Å². The van der Waals surface area contributed by atoms with E-state index in [4.69, 9.17) is 16.3 Å². The van der Waals surface area contributed by atoms with Crippen molar-refractivity contribution in [3.8, 4) is 0 Å². The van der Waals surface area contributed by atoms with E-state index >= 15 is 0 Å². The Bertz CT molecular complexity index is 301. The van der Waals surface area contributed by atoms with Crippen LogP contribution in [0.15, 0.2) is 5.38 Å². The highest BCUT2D eigenvalue weighted by Gasteiger charge is 2.08. The summed E-state index contributed by atoms with van der Waals surface area (Å²) in [6, 6.07) is 0. The topological polar surface area (TPSA) is 39.2 Å². The van der Waals surface area contributed by atoms with Crippen molar-refractivity contribution in [3.63, 3.8) is 0 Å². The lowest BCUT2D eigenvalue weighted by molar-refractivity contribution is 0.101. The lowest BCUT2D eigenvalue weighted by Crippen LogP contribution is -2.02. The molecule has 0 spiro atoms. The van der Waals surface area contributed by atoms with Crippen LogP contribution in [0.3, 0.4) is 0 Å². The van der Waals surface area contributed by atoms with E-state index in [2.05, 4.69) is 4.98 Å². The van der Waals surface area contributed by atoms with Gasteiger partial charge in [0.05, 0.1) is 17.5 Å². The van der Waals surface area contributed by atoms with Crippen molar-refractivity contribution in [3.05, 3.63) is 16.1 Å². The quantitative estimate of drug-likeness (QED) is 0.429. The molecule has 1 aromatic rings. The number of nitrogens with zero attached hydrogens (tertiary/aromatic N) is 1. The fraction of sp³-hybridized carbons (Fsp3) is 0.556. The van der Waals surface area contributed by atoms with Crippen LogP contribution >= 0.6 is 22.9 Å². The number of ether oxygens (including phenoxy) is 1. The summed E-state index contributed by atoms with van der Waals surface area (Å²) in [5.74, 6) is -0.125. The molecule has 1 rings (SSSR count). The smallest absolute Gasteiger partial charge is 0.196 e. The Hall–Kier alpha value is -0.450. The lowest BCUT2D eigenvalue weighted by atomic mass is 10.3. The van der Waals surface area contributed by atoms with Crippen molar-refractivity contribution in [2.45, 2.75) is 13.3 Å². The highest BCUT2D eigenvalue weighted by molar-refractivity contribution is 7.09. The summed E-state index contributed by atoms with van der Waals surface area (Å²) in [5, 5.41) is 2.67. The van der Waals surface area contributed by atoms with Crippen LogP contribution in [0, 0.1) is 0 Å². The van der Waals surface area contributed by atoms with Gasteiger partial charge in [0.1, 0.15) is 5.69 Å². The summed E-state index contributed by atoms with van der Waals surface area (Å²) < 4.78 is 5.19. The van der Waals surface area contributed by atoms with Gasteiger partial charge in [0, 0.05) is 18.4 Å². The minimum Gasteiger partial charge on any atom is -0.381 e. The predicted molar refractivity (Wildman–Crippen MR) is 57.4 cm³/mol. The van der Waals surface area contributed by atoms with Crippen molar-refractivity contribution < 1.29 is 9.53 Å². The highest BCUT2D eigenvalue weighted by Crippen LogP contribution is 2.11. The number of thiazole rings is 1. The second kappa shape index (κ2) is 6.11. The third-order valence-corrected chi connectivity index (χ3v) is 2.77. The van der Waals surface area contributed by atoms with Gasteiger partial charge >= 0.3 is 0 Å². The van der Waals surface area contributed by atoms with Crippen LogP contribution in [0.1, 0.15) is 22.4 Å². The third-order valence-electron chi connectivity index (χ3n) is 1.62. The van der Waals surface area contributed by atoms with E-state index in [-0.39, 0.29) is 11.7 Å². The standard InChI is InChI=1S/C9H12ClNO2S/c1-2-13-4-3-9-11-7(6-14-9)8(12)5-10/h6H,2-5H2,1H3. The van der Waals surface area contributed by atoms with E-state index in [0.29, 0.717) is 18.9 Å². The first-order chi connectivity index (χ1) is 6.77. The Kier molecular flexibility index (Phi) is 5.07. The van der Waals surface area contributed by atoms with E-state index < -0.39 is 0 Å². The molecule has 14 heavy (non-hydrogen) atoms. The number of hydrogen-bond donors (Lipinski definition) is 0. The summed E-state index contributed by atoms with van der Waals surface area (Å²) in [5.41, 5.74) is 0.469. The zero-order chi connectivity index (χ0) is 10.4. The van der Waals surface area contributed by atoms with Gasteiger partial charge in [-0.25, -0.2) is 4.98 Å². The molecule has 0 unspecified atom stereocenters. The van der Waals surface area contributed by atoms with Crippen molar-refractivity contribution in [1.82, 2.24) is 4.98 Å². The fourth-order valence-electron chi connectivity index (χ4n) is 0.926. The van der Waals surface area contributed by atoms with Gasteiger partial charge in [-0.1, -0.05) is 0 Å². The molecule has 0 aliphatic carbocycles. The van der Waals surface area contributed by atoms with Crippen LogP contribution < -0.4 is 0 Å². The molecule has 0 N–H and O–H groups in total. The van der Waals surface area contributed by atoms with Crippen LogP contribution in [0.25, 0.3) is 0 Å². The molecule has 0 amide bonds. The second-order valence-corrected chi connectivity index (χ2v) is 3.84. The first-order valence-electron chi connectivity index (χ1n) is 4.39. The number of carbonyl (C=O) groups excluding carboxylic acids is 1. The third kappa shape index (κ3) is 3.36. The molecule has 78 valence electrons. The largest absolute Gasteiger partial charge is 0.381 e. The first-order valence-corrected chi connectivity index (χ1v) is 5.80. The van der Waals surface area contributed by atoms with Crippen LogP contribution in [0.2, 0.25) is 0 Å². The minimum atomic E-state index is -0.120. The molecule has 0 radical (unpaired) electrons. The molecule has 1 aromatic heterocycles. The second-order valence-electron chi connectivity index (χ2n) is 2.63. The predicted octanol–water partition coefficient (Wildman–Crippen LogP) is 2.14. The Morgan fingerprint density at radius 3 is 3.14 bits per heavy atom. The molecule has 0 aromatic carbocycles. The molecule has 0 bridgehead atoms. The molecule has 0 atom stereocenters. The highest BCUT2D eigenvalue weighted by atomic mass is 35.5. The number of Topliss-reactive ketones (excluding diaryl/α,β-unsaturated/α-hetero) is 1. The molecular formula is C9H12ClNO2S. The van der Waals surface area contributed by atoms with E-state index in [1.165, 1.54) is 11.3 Å². The maximum Gasteiger partial charge on any atom is 0.196 e. The van der Waals surface area contributed by atoms with Gasteiger partial charge in [0.25, 0.3) is 0 Å². The van der Waals surface area contributed by atoms with E-state index in [9.17, 15) is 4.79 Å².